The van der Waals surface area contributed by atoms with Gasteiger partial charge in [0.1, 0.15) is 30.7 Å². The molecule has 9 heteroatoms. The maximum Gasteiger partial charge on any atom is 0.306 e. The number of hydrogen-bond acceptors (Lipinski definition) is 9. The molecule has 1 N–H and O–H groups in total. The number of carbonyl (C=O) groups is 3. The van der Waals surface area contributed by atoms with Crippen LogP contribution in [0.4, 0.5) is 0 Å². The highest BCUT2D eigenvalue weighted by Crippen LogP contribution is 2.29. The first-order valence-electron chi connectivity index (χ1n) is 14.6. The number of ketones is 1. The normalized spacial score (nSPS) is 37.0. The zero-order valence-corrected chi connectivity index (χ0v) is 25.2. The van der Waals surface area contributed by atoms with Crippen LogP contribution in [0.25, 0.3) is 0 Å². The lowest BCUT2D eigenvalue weighted by Gasteiger charge is -2.42. The van der Waals surface area contributed by atoms with Crippen LogP contribution in [-0.2, 0) is 38.1 Å². The second-order valence-electron chi connectivity index (χ2n) is 11.5. The molecule has 0 aromatic rings. The molecule has 2 aliphatic rings. The Balaban J connectivity index is 2.30. The summed E-state index contributed by atoms with van der Waals surface area (Å²) in [6.45, 7) is 9.73. The standard InChI is InChI=1S/C31H50O9/c1-8-26-24(18-38-31-30(37-7)29(36-6)28(35)22(5)39-31)16-20(3)9-11-25(33)21(4)17-23(13-14-32)15-19(2)10-12-27(34)40-26/h9,11,14,16,19,21-24,26,28-31,35H,8,10,12-13,15,17-18H2,1-7H3. The molecule has 0 aromatic carbocycles. The topological polar surface area (TPSA) is 118 Å². The summed E-state index contributed by atoms with van der Waals surface area (Å²) >= 11 is 0. The molecule has 40 heavy (non-hydrogen) atoms. The number of allylic oxidation sites excluding steroid dienone is 3. The monoisotopic (exact) mass is 566 g/mol. The molecule has 0 bridgehead atoms. The van der Waals surface area contributed by atoms with Gasteiger partial charge in [0.05, 0.1) is 12.7 Å². The van der Waals surface area contributed by atoms with E-state index in [1.165, 1.54) is 14.2 Å². The van der Waals surface area contributed by atoms with Gasteiger partial charge in [0.15, 0.2) is 12.1 Å². The summed E-state index contributed by atoms with van der Waals surface area (Å²) in [5.74, 6) is -0.464. The van der Waals surface area contributed by atoms with E-state index in [0.29, 0.717) is 25.7 Å². The number of hydrogen-bond donors (Lipinski definition) is 1. The lowest BCUT2D eigenvalue weighted by molar-refractivity contribution is -0.304. The van der Waals surface area contributed by atoms with Gasteiger partial charge in [-0.15, -0.1) is 0 Å². The Hall–Kier alpha value is -1.91. The lowest BCUT2D eigenvalue weighted by atomic mass is 9.83. The summed E-state index contributed by atoms with van der Waals surface area (Å²) in [6.07, 6.45) is 5.61. The van der Waals surface area contributed by atoms with Crippen molar-refractivity contribution in [3.63, 3.8) is 0 Å². The molecule has 0 spiro atoms. The third kappa shape index (κ3) is 10.2. The number of esters is 1. The van der Waals surface area contributed by atoms with Crippen LogP contribution in [0, 0.1) is 23.7 Å². The van der Waals surface area contributed by atoms with Gasteiger partial charge in [-0.2, -0.15) is 0 Å². The first-order chi connectivity index (χ1) is 19.0. The first-order valence-corrected chi connectivity index (χ1v) is 14.6. The van der Waals surface area contributed by atoms with Crippen molar-refractivity contribution >= 4 is 18.0 Å². The van der Waals surface area contributed by atoms with Crippen molar-refractivity contribution < 1.29 is 43.2 Å². The van der Waals surface area contributed by atoms with Crippen LogP contribution in [0.15, 0.2) is 23.8 Å². The van der Waals surface area contributed by atoms with E-state index in [4.69, 9.17) is 23.7 Å². The van der Waals surface area contributed by atoms with Crippen molar-refractivity contribution in [1.29, 1.82) is 0 Å². The maximum absolute atomic E-state index is 12.9. The summed E-state index contributed by atoms with van der Waals surface area (Å²) in [4.78, 5) is 37.0. The molecule has 0 amide bonds. The highest BCUT2D eigenvalue weighted by Gasteiger charge is 2.45. The van der Waals surface area contributed by atoms with Crippen molar-refractivity contribution in [3.8, 4) is 0 Å². The summed E-state index contributed by atoms with van der Waals surface area (Å²) < 4.78 is 29.1. The van der Waals surface area contributed by atoms with Gasteiger partial charge in [-0.25, -0.2) is 0 Å². The van der Waals surface area contributed by atoms with Crippen LogP contribution in [0.5, 0.6) is 0 Å². The van der Waals surface area contributed by atoms with Crippen molar-refractivity contribution in [2.24, 2.45) is 23.7 Å². The number of methoxy groups -OCH3 is 2. The second-order valence-corrected chi connectivity index (χ2v) is 11.5. The van der Waals surface area contributed by atoms with Gasteiger partial charge < -0.3 is 33.6 Å². The zero-order valence-electron chi connectivity index (χ0n) is 25.2. The highest BCUT2D eigenvalue weighted by atomic mass is 16.7. The molecule has 0 aliphatic carbocycles. The molecule has 0 saturated carbocycles. The number of ether oxygens (including phenoxy) is 5. The van der Waals surface area contributed by atoms with Gasteiger partial charge in [-0.3, -0.25) is 9.59 Å². The van der Waals surface area contributed by atoms with E-state index in [1.807, 2.05) is 26.8 Å². The van der Waals surface area contributed by atoms with Gasteiger partial charge >= 0.3 is 5.97 Å². The minimum absolute atomic E-state index is 0.0198. The molecule has 2 heterocycles. The Morgan fingerprint density at radius 2 is 1.77 bits per heavy atom. The van der Waals surface area contributed by atoms with Crippen molar-refractivity contribution in [2.45, 2.75) is 110 Å². The van der Waals surface area contributed by atoms with Crippen LogP contribution in [-0.4, -0.2) is 80.8 Å². The third-order valence-electron chi connectivity index (χ3n) is 8.08. The molecule has 228 valence electrons. The minimum Gasteiger partial charge on any atom is -0.462 e. The van der Waals surface area contributed by atoms with Crippen LogP contribution in [0.3, 0.4) is 0 Å². The molecule has 1 fully saturated rings. The maximum atomic E-state index is 12.9. The average molecular weight is 567 g/mol. The summed E-state index contributed by atoms with van der Waals surface area (Å²) in [5, 5.41) is 10.5. The fraction of sp³-hybridized carbons (Fsp3) is 0.774. The van der Waals surface area contributed by atoms with Crippen molar-refractivity contribution in [1.82, 2.24) is 0 Å². The molecule has 2 aliphatic heterocycles. The molecule has 9 nitrogen and oxygen atoms in total. The average Bonchev–Trinajstić information content (AvgIpc) is 2.92. The van der Waals surface area contributed by atoms with Crippen LogP contribution < -0.4 is 0 Å². The SMILES string of the molecule is CCC1OC(=O)CCC(C)CC(CC=O)CC(C)C(=O)C=CC(C)=CC1COC1OC(C)C(O)C(OC)C1OC. The molecular weight excluding hydrogens is 516 g/mol. The first kappa shape index (κ1) is 34.3. The van der Waals surface area contributed by atoms with Gasteiger partial charge in [0, 0.05) is 38.9 Å². The van der Waals surface area contributed by atoms with E-state index >= 15 is 0 Å². The van der Waals surface area contributed by atoms with Crippen molar-refractivity contribution in [3.05, 3.63) is 23.8 Å². The summed E-state index contributed by atoms with van der Waals surface area (Å²) in [7, 11) is 3.02. The molecule has 10 atom stereocenters. The van der Waals surface area contributed by atoms with Crippen LogP contribution >= 0.6 is 0 Å². The van der Waals surface area contributed by atoms with Gasteiger partial charge in [0.2, 0.25) is 0 Å². The number of rotatable bonds is 8. The fourth-order valence-electron chi connectivity index (χ4n) is 5.67. The van der Waals surface area contributed by atoms with Gasteiger partial charge in [-0.05, 0) is 57.4 Å². The quantitative estimate of drug-likeness (QED) is 0.341. The lowest BCUT2D eigenvalue weighted by Crippen LogP contribution is -2.59. The Morgan fingerprint density at radius 3 is 2.40 bits per heavy atom. The molecular formula is C31H50O9. The predicted molar refractivity (Wildman–Crippen MR) is 150 cm³/mol. The summed E-state index contributed by atoms with van der Waals surface area (Å²) in [6, 6.07) is 0. The molecule has 1 saturated heterocycles. The number of aldehydes is 1. The van der Waals surface area contributed by atoms with E-state index in [1.54, 1.807) is 19.1 Å². The van der Waals surface area contributed by atoms with Crippen molar-refractivity contribution in [2.75, 3.05) is 20.8 Å². The van der Waals surface area contributed by atoms with Gasteiger partial charge in [0.25, 0.3) is 0 Å². The fourth-order valence-corrected chi connectivity index (χ4v) is 5.67. The second kappa shape index (κ2) is 17.1. The molecule has 2 rings (SSSR count). The predicted octanol–water partition coefficient (Wildman–Crippen LogP) is 4.20. The summed E-state index contributed by atoms with van der Waals surface area (Å²) in [5.41, 5.74) is 0.834. The molecule has 0 aromatic heterocycles. The van der Waals surface area contributed by atoms with Crippen LogP contribution in [0.1, 0.15) is 73.1 Å². The Kier molecular flexibility index (Phi) is 14.7. The Labute approximate surface area is 239 Å². The van der Waals surface area contributed by atoms with E-state index in [9.17, 15) is 19.5 Å². The smallest absolute Gasteiger partial charge is 0.306 e. The number of cyclic esters (lactones) is 1. The number of aliphatic hydroxyl groups is 1. The highest BCUT2D eigenvalue weighted by molar-refractivity contribution is 5.91. The van der Waals surface area contributed by atoms with E-state index in [0.717, 1.165) is 18.3 Å². The number of carbonyl (C=O) groups excluding carboxylic acids is 3. The molecule has 0 radical (unpaired) electrons. The van der Waals surface area contributed by atoms with E-state index in [2.05, 4.69) is 6.92 Å². The van der Waals surface area contributed by atoms with Gasteiger partial charge in [-0.1, -0.05) is 38.5 Å². The van der Waals surface area contributed by atoms with Crippen LogP contribution in [0.2, 0.25) is 0 Å². The largest absolute Gasteiger partial charge is 0.462 e. The zero-order chi connectivity index (χ0) is 29.8. The van der Waals surface area contributed by atoms with E-state index < -0.39 is 36.8 Å². The van der Waals surface area contributed by atoms with E-state index in [-0.39, 0.29) is 48.5 Å². The molecule has 10 unspecified atom stereocenters. The Morgan fingerprint density at radius 1 is 1.07 bits per heavy atom. The number of aliphatic hydroxyl groups excluding tert-OH is 1. The third-order valence-corrected chi connectivity index (χ3v) is 8.08. The Bertz CT molecular complexity index is 869. The minimum atomic E-state index is -0.870.